The van der Waals surface area contributed by atoms with E-state index in [1.54, 1.807) is 16.7 Å². The van der Waals surface area contributed by atoms with Crippen LogP contribution in [-0.2, 0) is 11.8 Å². The number of aromatic nitrogens is 4. The van der Waals surface area contributed by atoms with Crippen molar-refractivity contribution in [2.45, 2.75) is 13.1 Å². The molecule has 2 saturated heterocycles. The van der Waals surface area contributed by atoms with Crippen LogP contribution in [-0.4, -0.2) is 122 Å². The summed E-state index contributed by atoms with van der Waals surface area (Å²) in [5, 5.41) is 22.1. The molecule has 3 amide bonds. The summed E-state index contributed by atoms with van der Waals surface area (Å²) in [5.74, 6) is -3.16. The molecule has 2 aromatic heterocycles. The van der Waals surface area contributed by atoms with Crippen molar-refractivity contribution in [2.75, 3.05) is 64.8 Å². The third-order valence-corrected chi connectivity index (χ3v) is 9.75. The summed E-state index contributed by atoms with van der Waals surface area (Å²) < 4.78 is 32.1. The number of halogens is 3. The van der Waals surface area contributed by atoms with E-state index in [0.717, 1.165) is 6.54 Å². The van der Waals surface area contributed by atoms with Gasteiger partial charge in [-0.1, -0.05) is 17.7 Å². The molecule has 0 radical (unpaired) electrons. The first kappa shape index (κ1) is 34.2. The third-order valence-electron chi connectivity index (χ3n) is 9.43. The van der Waals surface area contributed by atoms with Crippen LogP contribution in [0.4, 0.5) is 14.5 Å². The minimum atomic E-state index is -1.08. The average molecular weight is 697 g/mol. The van der Waals surface area contributed by atoms with E-state index in [1.165, 1.54) is 54.3 Å². The zero-order valence-corrected chi connectivity index (χ0v) is 28.0. The molecule has 0 spiro atoms. The molecule has 16 heteroatoms. The van der Waals surface area contributed by atoms with Crippen molar-refractivity contribution in [2.24, 2.45) is 7.05 Å². The molecular weight excluding hydrogens is 660 g/mol. The third kappa shape index (κ3) is 6.41. The topological polar surface area (TPSA) is 148 Å². The van der Waals surface area contributed by atoms with Gasteiger partial charge >= 0.3 is 0 Å². The molecule has 2 aromatic carbocycles. The highest BCUT2D eigenvalue weighted by atomic mass is 35.5. The van der Waals surface area contributed by atoms with Gasteiger partial charge in [-0.3, -0.25) is 24.8 Å². The number of rotatable bonds is 8. The molecule has 49 heavy (non-hydrogen) atoms. The van der Waals surface area contributed by atoms with Gasteiger partial charge in [0.1, 0.15) is 6.54 Å². The molecule has 2 fully saturated rings. The van der Waals surface area contributed by atoms with Gasteiger partial charge in [-0.25, -0.2) is 13.8 Å². The Bertz CT molecular complexity index is 1920. The maximum Gasteiger partial charge on any atom is 0.297 e. The molecular formula is C33H37ClF2N9O4+. The summed E-state index contributed by atoms with van der Waals surface area (Å²) in [4.78, 5) is 47.3. The smallest absolute Gasteiger partial charge is 0.297 e. The second-order valence-corrected chi connectivity index (χ2v) is 12.9. The number of aliphatic hydroxyl groups is 1. The van der Waals surface area contributed by atoms with Crippen LogP contribution >= 0.6 is 11.6 Å². The lowest BCUT2D eigenvalue weighted by atomic mass is 10.0. The van der Waals surface area contributed by atoms with Crippen LogP contribution < -0.4 is 10.6 Å². The molecule has 2 atom stereocenters. The van der Waals surface area contributed by atoms with Gasteiger partial charge in [0.2, 0.25) is 6.17 Å². The summed E-state index contributed by atoms with van der Waals surface area (Å²) in [6.07, 6.45) is 2.34. The first-order valence-electron chi connectivity index (χ1n) is 15.8. The fraction of sp³-hybridized carbons (Fsp3) is 0.364. The number of hydrogen-bond donors (Lipinski definition) is 4. The number of carbonyl (C=O) groups is 3. The fourth-order valence-electron chi connectivity index (χ4n) is 6.51. The molecule has 2 aliphatic heterocycles. The van der Waals surface area contributed by atoms with Crippen LogP contribution in [0.3, 0.4) is 0 Å². The molecule has 2 unspecified atom stereocenters. The van der Waals surface area contributed by atoms with Crippen molar-refractivity contribution in [1.82, 2.24) is 34.9 Å². The molecule has 258 valence electrons. The molecule has 6 rings (SSSR count). The summed E-state index contributed by atoms with van der Waals surface area (Å²) >= 11 is 6.51. The van der Waals surface area contributed by atoms with Gasteiger partial charge in [0.05, 0.1) is 54.9 Å². The van der Waals surface area contributed by atoms with Gasteiger partial charge in [-0.2, -0.15) is 5.10 Å². The highest BCUT2D eigenvalue weighted by Crippen LogP contribution is 2.33. The second-order valence-electron chi connectivity index (χ2n) is 12.5. The molecule has 0 bridgehead atoms. The predicted molar refractivity (Wildman–Crippen MR) is 178 cm³/mol. The van der Waals surface area contributed by atoms with E-state index in [0.29, 0.717) is 60.7 Å². The predicted octanol–water partition coefficient (Wildman–Crippen LogP) is 2.62. The van der Waals surface area contributed by atoms with Crippen molar-refractivity contribution in [1.29, 1.82) is 0 Å². The summed E-state index contributed by atoms with van der Waals surface area (Å²) in [6, 6.07) is 7.38. The number of likely N-dealkylation sites (N-methyl/N-ethyl adjacent to an activating group) is 1. The Morgan fingerprint density at radius 3 is 2.43 bits per heavy atom. The van der Waals surface area contributed by atoms with Gasteiger partial charge in [-0.15, -0.1) is 0 Å². The number of aromatic amines is 1. The van der Waals surface area contributed by atoms with Gasteiger partial charge in [0.15, 0.2) is 17.5 Å². The highest BCUT2D eigenvalue weighted by Gasteiger charge is 2.45. The SMILES string of the molecule is Cc1n[nH]cc1-c1ccc(-c2cnc(C(=O)Nc3ccc(C(=O)N4CCN(C(=O)C5NCC[N+]5(C)CCO)CC4)c(Cl)c3)n2C)c(F)c1F. The van der Waals surface area contributed by atoms with Crippen molar-refractivity contribution < 1.29 is 32.8 Å². The Labute approximate surface area is 286 Å². The minimum Gasteiger partial charge on any atom is -0.391 e. The van der Waals surface area contributed by atoms with Crippen LogP contribution in [0.2, 0.25) is 5.02 Å². The van der Waals surface area contributed by atoms with Gasteiger partial charge in [-0.05, 0) is 31.2 Å². The normalized spacial score (nSPS) is 19.4. The van der Waals surface area contributed by atoms with E-state index in [2.05, 4.69) is 25.8 Å². The fourth-order valence-corrected chi connectivity index (χ4v) is 6.77. The van der Waals surface area contributed by atoms with Gasteiger partial charge in [0, 0.05) is 61.8 Å². The summed E-state index contributed by atoms with van der Waals surface area (Å²) in [5.41, 5.74) is 1.69. The van der Waals surface area contributed by atoms with Crippen LogP contribution in [0, 0.1) is 18.6 Å². The Morgan fingerprint density at radius 2 is 1.76 bits per heavy atom. The Balaban J connectivity index is 1.09. The quantitative estimate of drug-likeness (QED) is 0.207. The number of amides is 3. The lowest BCUT2D eigenvalue weighted by Gasteiger charge is -2.39. The number of benzene rings is 2. The maximum atomic E-state index is 15.2. The van der Waals surface area contributed by atoms with Crippen molar-refractivity contribution in [3.8, 4) is 22.4 Å². The van der Waals surface area contributed by atoms with Crippen molar-refractivity contribution in [3.63, 3.8) is 0 Å². The van der Waals surface area contributed by atoms with Crippen molar-refractivity contribution >= 4 is 35.0 Å². The maximum absolute atomic E-state index is 15.2. The van der Waals surface area contributed by atoms with E-state index in [1.807, 2.05) is 7.05 Å². The molecule has 0 saturated carbocycles. The average Bonchev–Trinajstić information content (AvgIpc) is 3.80. The first-order valence-corrected chi connectivity index (χ1v) is 16.2. The Kier molecular flexibility index (Phi) is 9.53. The lowest BCUT2D eigenvalue weighted by Crippen LogP contribution is -2.62. The number of anilines is 1. The zero-order valence-electron chi connectivity index (χ0n) is 27.3. The van der Waals surface area contributed by atoms with Crippen LogP contribution in [0.5, 0.6) is 0 Å². The summed E-state index contributed by atoms with van der Waals surface area (Å²) in [6.45, 7) is 4.96. The van der Waals surface area contributed by atoms with Gasteiger partial charge < -0.3 is 29.3 Å². The number of hydrogen-bond acceptors (Lipinski definition) is 7. The standard InChI is InChI=1S/C33H36ClF2N9O4/c1-19-24(17-39-41-19)21-6-7-23(28(36)27(21)35)26-18-38-29(42(26)2)31(47)40-20-4-5-22(25(34)16-20)32(48)43-9-11-44(12-10-43)33(49)30-37-8-13-45(30,3)14-15-46/h4-7,16-18,30,37,46H,8-15H2,1-3H3,(H-,39,40,41,47,48)/p+1. The lowest BCUT2D eigenvalue weighted by molar-refractivity contribution is -0.913. The second kappa shape index (κ2) is 13.7. The zero-order chi connectivity index (χ0) is 35.0. The molecule has 4 aromatic rings. The molecule has 13 nitrogen and oxygen atoms in total. The number of nitrogens with zero attached hydrogens (tertiary/aromatic N) is 6. The van der Waals surface area contributed by atoms with E-state index in [9.17, 15) is 19.5 Å². The monoisotopic (exact) mass is 696 g/mol. The molecule has 0 aliphatic carbocycles. The van der Waals surface area contributed by atoms with E-state index < -0.39 is 23.7 Å². The number of quaternary nitrogens is 1. The minimum absolute atomic E-state index is 0.00993. The Morgan fingerprint density at radius 1 is 1.06 bits per heavy atom. The molecule has 2 aliphatic rings. The van der Waals surface area contributed by atoms with Crippen LogP contribution in [0.15, 0.2) is 42.7 Å². The summed E-state index contributed by atoms with van der Waals surface area (Å²) in [7, 11) is 3.47. The largest absolute Gasteiger partial charge is 0.391 e. The van der Waals surface area contributed by atoms with Crippen LogP contribution in [0.25, 0.3) is 22.4 Å². The van der Waals surface area contributed by atoms with Gasteiger partial charge in [0.25, 0.3) is 17.7 Å². The number of piperazine rings is 1. The van der Waals surface area contributed by atoms with E-state index in [-0.39, 0.29) is 51.7 Å². The number of imidazole rings is 1. The number of nitrogens with one attached hydrogen (secondary N) is 3. The molecule has 4 N–H and O–H groups in total. The first-order chi connectivity index (χ1) is 23.4. The highest BCUT2D eigenvalue weighted by molar-refractivity contribution is 6.34. The van der Waals surface area contributed by atoms with E-state index >= 15 is 8.78 Å². The number of aliphatic hydroxyl groups excluding tert-OH is 1. The number of H-pyrrole nitrogens is 1. The van der Waals surface area contributed by atoms with Crippen molar-refractivity contribution in [3.05, 3.63) is 76.5 Å². The molecule has 4 heterocycles. The number of aryl methyl sites for hydroxylation is 1. The Hall–Kier alpha value is -4.70. The van der Waals surface area contributed by atoms with Crippen LogP contribution in [0.1, 0.15) is 26.7 Å². The van der Waals surface area contributed by atoms with E-state index in [4.69, 9.17) is 11.6 Å². The number of carbonyl (C=O) groups excluding carboxylic acids is 3.